The molecule has 0 saturated carbocycles. The predicted octanol–water partition coefficient (Wildman–Crippen LogP) is 4.37. The first-order valence-electron chi connectivity index (χ1n) is 9.21. The fourth-order valence-corrected chi connectivity index (χ4v) is 5.62. The third-order valence-corrected chi connectivity index (χ3v) is 7.13. The lowest BCUT2D eigenvalue weighted by molar-refractivity contribution is 0.584. The molecule has 0 spiro atoms. The number of imidazole rings is 1. The van der Waals surface area contributed by atoms with Gasteiger partial charge in [-0.1, -0.05) is 48.5 Å². The number of hydrogen-bond acceptors (Lipinski definition) is 3. The van der Waals surface area contributed by atoms with E-state index in [4.69, 9.17) is 0 Å². The molecule has 0 unspecified atom stereocenters. The number of para-hydroxylation sites is 1. The Labute approximate surface area is 163 Å². The maximum atomic E-state index is 13.4. The summed E-state index contributed by atoms with van der Waals surface area (Å²) in [5.41, 5.74) is 4.25. The first kappa shape index (κ1) is 17.0. The highest BCUT2D eigenvalue weighted by molar-refractivity contribution is 7.92. The van der Waals surface area contributed by atoms with Gasteiger partial charge in [0.2, 0.25) is 0 Å². The van der Waals surface area contributed by atoms with Crippen LogP contribution in [0.3, 0.4) is 0 Å². The highest BCUT2D eigenvalue weighted by Crippen LogP contribution is 2.37. The van der Waals surface area contributed by atoms with Gasteiger partial charge < -0.3 is 4.98 Å². The molecule has 0 amide bonds. The molecule has 5 nitrogen and oxygen atoms in total. The van der Waals surface area contributed by atoms with Crippen LogP contribution >= 0.6 is 0 Å². The number of benzene rings is 3. The van der Waals surface area contributed by atoms with Gasteiger partial charge in [0.05, 0.1) is 21.6 Å². The second-order valence-corrected chi connectivity index (χ2v) is 8.93. The number of hydrogen-bond donors (Lipinski definition) is 1. The molecule has 0 radical (unpaired) electrons. The summed E-state index contributed by atoms with van der Waals surface area (Å²) in [6.45, 7) is 1.94. The Morgan fingerprint density at radius 3 is 2.57 bits per heavy atom. The summed E-state index contributed by atoms with van der Waals surface area (Å²) in [4.78, 5) is 8.11. The lowest BCUT2D eigenvalue weighted by atomic mass is 10.1. The number of anilines is 1. The summed E-state index contributed by atoms with van der Waals surface area (Å²) in [6, 6.07) is 22.4. The zero-order valence-electron chi connectivity index (χ0n) is 15.3. The molecule has 1 aliphatic rings. The molecule has 6 heteroatoms. The van der Waals surface area contributed by atoms with Crippen LogP contribution in [0.1, 0.15) is 12.5 Å². The van der Waals surface area contributed by atoms with Crippen LogP contribution in [0.4, 0.5) is 5.69 Å². The first-order valence-corrected chi connectivity index (χ1v) is 10.7. The van der Waals surface area contributed by atoms with E-state index in [1.807, 2.05) is 61.5 Å². The number of sulfonamides is 1. The zero-order chi connectivity index (χ0) is 19.3. The van der Waals surface area contributed by atoms with Gasteiger partial charge in [-0.05, 0) is 43.2 Å². The molecule has 140 valence electrons. The smallest absolute Gasteiger partial charge is 0.264 e. The molecule has 1 aromatic heterocycles. The van der Waals surface area contributed by atoms with Gasteiger partial charge in [0.1, 0.15) is 5.82 Å². The topological polar surface area (TPSA) is 66.1 Å². The van der Waals surface area contributed by atoms with Gasteiger partial charge in [0.25, 0.3) is 10.0 Å². The lowest BCUT2D eigenvalue weighted by Crippen LogP contribution is -2.35. The summed E-state index contributed by atoms with van der Waals surface area (Å²) in [5.74, 6) is 0.727. The van der Waals surface area contributed by atoms with Crippen molar-refractivity contribution in [2.24, 2.45) is 0 Å². The molecule has 0 saturated heterocycles. The Hall–Kier alpha value is -3.12. The summed E-state index contributed by atoms with van der Waals surface area (Å²) in [7, 11) is -3.66. The van der Waals surface area contributed by atoms with Crippen LogP contribution in [0.25, 0.3) is 22.4 Å². The van der Waals surface area contributed by atoms with Crippen molar-refractivity contribution in [3.63, 3.8) is 0 Å². The van der Waals surface area contributed by atoms with Gasteiger partial charge in [-0.2, -0.15) is 0 Å². The maximum absolute atomic E-state index is 13.4. The summed E-state index contributed by atoms with van der Waals surface area (Å²) in [6.07, 6.45) is 0.722. The third-order valence-electron chi connectivity index (χ3n) is 5.20. The number of aromatic amines is 1. The fraction of sp³-hybridized carbons (Fsp3) is 0.136. The molecule has 0 fully saturated rings. The van der Waals surface area contributed by atoms with E-state index in [2.05, 4.69) is 9.97 Å². The summed E-state index contributed by atoms with van der Waals surface area (Å²) >= 11 is 0. The molecule has 1 N–H and O–H groups in total. The van der Waals surface area contributed by atoms with Crippen LogP contribution < -0.4 is 4.31 Å². The fourth-order valence-electron chi connectivity index (χ4n) is 3.90. The minimum Gasteiger partial charge on any atom is -0.338 e. The number of nitrogens with one attached hydrogen (secondary N) is 1. The SMILES string of the molecule is C[C@@H]1Cc2ccccc2N1S(=O)(=O)c1ccc2nc(-c3ccccc3)[nH]c2c1. The van der Waals surface area contributed by atoms with Crippen molar-refractivity contribution >= 4 is 26.7 Å². The van der Waals surface area contributed by atoms with E-state index in [-0.39, 0.29) is 10.9 Å². The molecule has 0 aliphatic carbocycles. The van der Waals surface area contributed by atoms with Crippen molar-refractivity contribution in [1.82, 2.24) is 9.97 Å². The van der Waals surface area contributed by atoms with E-state index >= 15 is 0 Å². The van der Waals surface area contributed by atoms with Gasteiger partial charge in [0, 0.05) is 11.6 Å². The van der Waals surface area contributed by atoms with Gasteiger partial charge in [-0.15, -0.1) is 0 Å². The largest absolute Gasteiger partial charge is 0.338 e. The molecule has 1 aliphatic heterocycles. The van der Waals surface area contributed by atoms with Crippen LogP contribution in [0.15, 0.2) is 77.7 Å². The monoisotopic (exact) mass is 389 g/mol. The molecule has 0 bridgehead atoms. The summed E-state index contributed by atoms with van der Waals surface area (Å²) in [5, 5.41) is 0. The molecule has 1 atom stereocenters. The average molecular weight is 389 g/mol. The third kappa shape index (κ3) is 2.60. The second-order valence-electron chi connectivity index (χ2n) is 7.11. The van der Waals surface area contributed by atoms with E-state index in [0.29, 0.717) is 5.52 Å². The number of H-pyrrole nitrogens is 1. The average Bonchev–Trinajstić information content (AvgIpc) is 3.28. The minimum absolute atomic E-state index is 0.111. The van der Waals surface area contributed by atoms with Crippen molar-refractivity contribution in [3.8, 4) is 11.4 Å². The van der Waals surface area contributed by atoms with Crippen LogP contribution in [0.5, 0.6) is 0 Å². The zero-order valence-corrected chi connectivity index (χ0v) is 16.1. The maximum Gasteiger partial charge on any atom is 0.264 e. The van der Waals surface area contributed by atoms with Crippen molar-refractivity contribution in [2.75, 3.05) is 4.31 Å². The van der Waals surface area contributed by atoms with Gasteiger partial charge in [0.15, 0.2) is 0 Å². The van der Waals surface area contributed by atoms with Crippen LogP contribution in [0.2, 0.25) is 0 Å². The summed E-state index contributed by atoms with van der Waals surface area (Å²) < 4.78 is 28.4. The highest BCUT2D eigenvalue weighted by atomic mass is 32.2. The quantitative estimate of drug-likeness (QED) is 0.566. The lowest BCUT2D eigenvalue weighted by Gasteiger charge is -2.24. The molecule has 5 rings (SSSR count). The van der Waals surface area contributed by atoms with E-state index in [0.717, 1.165) is 34.6 Å². The number of nitrogens with zero attached hydrogens (tertiary/aromatic N) is 2. The van der Waals surface area contributed by atoms with Crippen molar-refractivity contribution in [3.05, 3.63) is 78.4 Å². The van der Waals surface area contributed by atoms with Crippen molar-refractivity contribution in [1.29, 1.82) is 0 Å². The molecule has 28 heavy (non-hydrogen) atoms. The molecular formula is C22H19N3O2S. The molecular weight excluding hydrogens is 370 g/mol. The van der Waals surface area contributed by atoms with Crippen LogP contribution in [0, 0.1) is 0 Å². The molecule has 2 heterocycles. The van der Waals surface area contributed by atoms with E-state index in [1.165, 1.54) is 4.31 Å². The van der Waals surface area contributed by atoms with Crippen molar-refractivity contribution in [2.45, 2.75) is 24.3 Å². The first-order chi connectivity index (χ1) is 13.5. The van der Waals surface area contributed by atoms with Gasteiger partial charge in [-0.25, -0.2) is 13.4 Å². The van der Waals surface area contributed by atoms with Crippen LogP contribution in [-0.4, -0.2) is 24.4 Å². The second kappa shape index (κ2) is 6.21. The van der Waals surface area contributed by atoms with Crippen LogP contribution in [-0.2, 0) is 16.4 Å². The predicted molar refractivity (Wildman–Crippen MR) is 111 cm³/mol. The Morgan fingerprint density at radius 2 is 1.75 bits per heavy atom. The Kier molecular flexibility index (Phi) is 3.77. The number of fused-ring (bicyclic) bond motifs is 2. The molecule has 3 aromatic carbocycles. The number of aromatic nitrogens is 2. The Morgan fingerprint density at radius 1 is 1.00 bits per heavy atom. The van der Waals surface area contributed by atoms with Gasteiger partial charge in [-0.3, -0.25) is 4.31 Å². The standard InChI is InChI=1S/C22H19N3O2S/c1-15-13-17-9-5-6-10-21(17)25(15)28(26,27)18-11-12-19-20(14-18)24-22(23-19)16-7-3-2-4-8-16/h2-12,14-15H,13H2,1H3,(H,23,24)/t15-/m1/s1. The molecule has 4 aromatic rings. The number of rotatable bonds is 3. The van der Waals surface area contributed by atoms with E-state index in [1.54, 1.807) is 18.2 Å². The minimum atomic E-state index is -3.66. The normalized spacial score (nSPS) is 16.5. The highest BCUT2D eigenvalue weighted by Gasteiger charge is 2.36. The van der Waals surface area contributed by atoms with Crippen molar-refractivity contribution < 1.29 is 8.42 Å². The Balaban J connectivity index is 1.59. The van der Waals surface area contributed by atoms with Gasteiger partial charge >= 0.3 is 0 Å². The van der Waals surface area contributed by atoms with E-state index in [9.17, 15) is 8.42 Å². The van der Waals surface area contributed by atoms with E-state index < -0.39 is 10.0 Å². The Bertz CT molecular complexity index is 1280.